The van der Waals surface area contributed by atoms with Gasteiger partial charge in [-0.2, -0.15) is 0 Å². The van der Waals surface area contributed by atoms with Crippen molar-refractivity contribution in [3.8, 4) is 0 Å². The molecule has 1 aromatic carbocycles. The van der Waals surface area contributed by atoms with Crippen LogP contribution < -0.4 is 5.73 Å². The molecule has 1 aromatic heterocycles. The summed E-state index contributed by atoms with van der Waals surface area (Å²) in [7, 11) is 0. The fraction of sp³-hybridized carbons (Fsp3) is 0.133. The van der Waals surface area contributed by atoms with Crippen molar-refractivity contribution in [2.24, 2.45) is 0 Å². The standard InChI is InChI=1S/C9H11NO.C6H5NO2/c1-6-3-4-9(10)8(5-6)7(2)11;8-6(9)5-1-3-7-4-2-5/h3-5H,10H2,1-2H3;1-4H,(H,8,9). The van der Waals surface area contributed by atoms with E-state index in [1.54, 1.807) is 12.1 Å². The third-order valence-corrected chi connectivity index (χ3v) is 2.52. The van der Waals surface area contributed by atoms with Gasteiger partial charge in [0.1, 0.15) is 0 Å². The first-order chi connectivity index (χ1) is 9.41. The molecule has 0 aliphatic carbocycles. The van der Waals surface area contributed by atoms with Crippen LogP contribution in [-0.4, -0.2) is 21.8 Å². The van der Waals surface area contributed by atoms with Gasteiger partial charge in [0.2, 0.25) is 0 Å². The number of nitrogens with two attached hydrogens (primary N) is 1. The molecule has 0 radical (unpaired) electrons. The summed E-state index contributed by atoms with van der Waals surface area (Å²) in [6.07, 6.45) is 2.90. The number of carboxylic acid groups (broad SMARTS) is 1. The monoisotopic (exact) mass is 272 g/mol. The fourth-order valence-corrected chi connectivity index (χ4v) is 1.47. The molecule has 0 atom stereocenters. The maximum Gasteiger partial charge on any atom is 0.335 e. The highest BCUT2D eigenvalue weighted by Gasteiger charge is 2.02. The van der Waals surface area contributed by atoms with Crippen LogP contribution in [0.3, 0.4) is 0 Å². The maximum atomic E-state index is 10.9. The van der Waals surface area contributed by atoms with Gasteiger partial charge in [0.25, 0.3) is 0 Å². The van der Waals surface area contributed by atoms with Crippen LogP contribution >= 0.6 is 0 Å². The lowest BCUT2D eigenvalue weighted by Crippen LogP contribution is -1.99. The Morgan fingerprint density at radius 3 is 2.15 bits per heavy atom. The predicted molar refractivity (Wildman–Crippen MR) is 76.8 cm³/mol. The number of carboxylic acids is 1. The molecule has 104 valence electrons. The van der Waals surface area contributed by atoms with Crippen LogP contribution in [0.1, 0.15) is 33.2 Å². The van der Waals surface area contributed by atoms with Crippen LogP contribution in [0.15, 0.2) is 42.7 Å². The van der Waals surface area contributed by atoms with Crippen molar-refractivity contribution in [1.82, 2.24) is 4.98 Å². The number of nitrogen functional groups attached to an aromatic ring is 1. The average molecular weight is 272 g/mol. The number of benzene rings is 1. The van der Waals surface area contributed by atoms with Crippen molar-refractivity contribution in [2.75, 3.05) is 5.73 Å². The highest BCUT2D eigenvalue weighted by atomic mass is 16.4. The summed E-state index contributed by atoms with van der Waals surface area (Å²) in [5.74, 6) is -0.899. The SMILES string of the molecule is CC(=O)c1cc(C)ccc1N.O=C(O)c1ccncc1. The average Bonchev–Trinajstić information content (AvgIpc) is 2.43. The summed E-state index contributed by atoms with van der Waals surface area (Å²) in [4.78, 5) is 24.8. The van der Waals surface area contributed by atoms with Crippen LogP contribution in [0.5, 0.6) is 0 Å². The zero-order valence-electron chi connectivity index (χ0n) is 11.3. The molecule has 20 heavy (non-hydrogen) atoms. The van der Waals surface area contributed by atoms with E-state index in [0.29, 0.717) is 11.3 Å². The first-order valence-electron chi connectivity index (χ1n) is 5.92. The van der Waals surface area contributed by atoms with Crippen LogP contribution in [-0.2, 0) is 0 Å². The van der Waals surface area contributed by atoms with Crippen LogP contribution in [0.2, 0.25) is 0 Å². The van der Waals surface area contributed by atoms with E-state index in [1.165, 1.54) is 31.5 Å². The van der Waals surface area contributed by atoms with Gasteiger partial charge in [-0.25, -0.2) is 4.79 Å². The Morgan fingerprint density at radius 2 is 1.75 bits per heavy atom. The molecule has 3 N–H and O–H groups in total. The predicted octanol–water partition coefficient (Wildman–Crippen LogP) is 2.56. The molecular formula is C15H16N2O3. The second-order valence-electron chi connectivity index (χ2n) is 4.19. The van der Waals surface area contributed by atoms with E-state index < -0.39 is 5.97 Å². The zero-order chi connectivity index (χ0) is 15.1. The van der Waals surface area contributed by atoms with E-state index in [9.17, 15) is 9.59 Å². The van der Waals surface area contributed by atoms with Gasteiger partial charge in [-0.3, -0.25) is 9.78 Å². The van der Waals surface area contributed by atoms with Crippen molar-refractivity contribution in [1.29, 1.82) is 0 Å². The Balaban J connectivity index is 0.000000204. The normalized spacial score (nSPS) is 9.30. The smallest absolute Gasteiger partial charge is 0.335 e. The summed E-state index contributed by atoms with van der Waals surface area (Å²) in [6, 6.07) is 8.34. The number of aromatic carboxylic acids is 1. The molecule has 0 saturated carbocycles. The van der Waals surface area contributed by atoms with Gasteiger partial charge in [0.15, 0.2) is 5.78 Å². The Bertz CT molecular complexity index is 610. The Morgan fingerprint density at radius 1 is 1.15 bits per heavy atom. The summed E-state index contributed by atoms with van der Waals surface area (Å²) < 4.78 is 0. The largest absolute Gasteiger partial charge is 0.478 e. The number of carbonyl (C=O) groups is 2. The van der Waals surface area contributed by atoms with Crippen molar-refractivity contribution >= 4 is 17.4 Å². The number of aromatic nitrogens is 1. The molecule has 0 spiro atoms. The maximum absolute atomic E-state index is 10.9. The second kappa shape index (κ2) is 7.04. The lowest BCUT2D eigenvalue weighted by Gasteiger charge is -2.01. The lowest BCUT2D eigenvalue weighted by molar-refractivity contribution is 0.0696. The molecule has 0 saturated heterocycles. The molecule has 0 unspecified atom stereocenters. The van der Waals surface area contributed by atoms with E-state index >= 15 is 0 Å². The Kier molecular flexibility index (Phi) is 5.41. The van der Waals surface area contributed by atoms with Crippen LogP contribution in [0.25, 0.3) is 0 Å². The van der Waals surface area contributed by atoms with E-state index in [2.05, 4.69) is 4.98 Å². The van der Waals surface area contributed by atoms with E-state index in [0.717, 1.165) is 5.56 Å². The minimum absolute atomic E-state index is 0.0196. The number of carbonyl (C=O) groups excluding carboxylic acids is 1. The van der Waals surface area contributed by atoms with Gasteiger partial charge in [-0.15, -0.1) is 0 Å². The lowest BCUT2D eigenvalue weighted by atomic mass is 10.1. The summed E-state index contributed by atoms with van der Waals surface area (Å²) in [6.45, 7) is 3.46. The van der Waals surface area contributed by atoms with Gasteiger partial charge in [0, 0.05) is 23.6 Å². The molecule has 1 heterocycles. The number of pyridine rings is 1. The first kappa shape index (κ1) is 15.4. The number of ketones is 1. The third-order valence-electron chi connectivity index (χ3n) is 2.52. The highest BCUT2D eigenvalue weighted by molar-refractivity contribution is 5.99. The second-order valence-corrected chi connectivity index (χ2v) is 4.19. The number of aryl methyl sites for hydroxylation is 1. The number of anilines is 1. The number of Topliss-reactive ketones (excluding diaryl/α,β-unsaturated/α-hetero) is 1. The van der Waals surface area contributed by atoms with Crippen LogP contribution in [0.4, 0.5) is 5.69 Å². The Hall–Kier alpha value is -2.69. The molecule has 0 amide bonds. The van der Waals surface area contributed by atoms with Crippen LogP contribution in [0, 0.1) is 6.92 Å². The minimum Gasteiger partial charge on any atom is -0.478 e. The summed E-state index contributed by atoms with van der Waals surface area (Å²) >= 11 is 0. The molecular weight excluding hydrogens is 256 g/mol. The molecule has 2 aromatic rings. The van der Waals surface area contributed by atoms with Crippen molar-refractivity contribution < 1.29 is 14.7 Å². The molecule has 0 aliphatic rings. The van der Waals surface area contributed by atoms with Gasteiger partial charge in [0.05, 0.1) is 5.56 Å². The topological polar surface area (TPSA) is 93.3 Å². The number of hydrogen-bond acceptors (Lipinski definition) is 4. The molecule has 5 nitrogen and oxygen atoms in total. The molecule has 2 rings (SSSR count). The summed E-state index contributed by atoms with van der Waals surface area (Å²) in [5.41, 5.74) is 8.07. The minimum atomic E-state index is -0.919. The highest BCUT2D eigenvalue weighted by Crippen LogP contribution is 2.13. The number of hydrogen-bond donors (Lipinski definition) is 2. The quantitative estimate of drug-likeness (QED) is 0.647. The van der Waals surface area contributed by atoms with Crippen molar-refractivity contribution in [3.63, 3.8) is 0 Å². The van der Waals surface area contributed by atoms with Crippen molar-refractivity contribution in [2.45, 2.75) is 13.8 Å². The van der Waals surface area contributed by atoms with Gasteiger partial charge in [-0.05, 0) is 38.1 Å². The Labute approximate surface area is 117 Å². The molecule has 5 heteroatoms. The van der Waals surface area contributed by atoms with E-state index in [4.69, 9.17) is 10.8 Å². The summed E-state index contributed by atoms with van der Waals surface area (Å²) in [5, 5.41) is 8.36. The van der Waals surface area contributed by atoms with Gasteiger partial charge >= 0.3 is 5.97 Å². The van der Waals surface area contributed by atoms with Gasteiger partial charge in [-0.1, -0.05) is 11.6 Å². The first-order valence-corrected chi connectivity index (χ1v) is 5.92. The van der Waals surface area contributed by atoms with E-state index in [1.807, 2.05) is 13.0 Å². The van der Waals surface area contributed by atoms with Crippen molar-refractivity contribution in [3.05, 3.63) is 59.4 Å². The zero-order valence-corrected chi connectivity index (χ0v) is 11.3. The molecule has 0 fully saturated rings. The van der Waals surface area contributed by atoms with E-state index in [-0.39, 0.29) is 11.3 Å². The fourth-order valence-electron chi connectivity index (χ4n) is 1.47. The number of rotatable bonds is 2. The molecule has 0 bridgehead atoms. The third kappa shape index (κ3) is 4.53. The number of nitrogens with zero attached hydrogens (tertiary/aromatic N) is 1. The molecule has 0 aliphatic heterocycles. The van der Waals surface area contributed by atoms with Gasteiger partial charge < -0.3 is 10.8 Å².